The molecule has 0 bridgehead atoms. The number of furan rings is 1. The van der Waals surface area contributed by atoms with Crippen molar-refractivity contribution in [1.29, 1.82) is 0 Å². The number of nitrogens with one attached hydrogen (secondary N) is 2. The summed E-state index contributed by atoms with van der Waals surface area (Å²) in [5.41, 5.74) is -0.0909. The van der Waals surface area contributed by atoms with Gasteiger partial charge in [0.2, 0.25) is 5.91 Å². The first-order valence-corrected chi connectivity index (χ1v) is 11.8. The number of hydrogen-bond acceptors (Lipinski definition) is 5. The third-order valence-electron chi connectivity index (χ3n) is 7.91. The van der Waals surface area contributed by atoms with Crippen molar-refractivity contribution in [1.82, 2.24) is 15.6 Å². The molecular weight excluding hydrogens is 418 g/mol. The summed E-state index contributed by atoms with van der Waals surface area (Å²) in [4.78, 5) is 29.7. The predicted octanol–water partition coefficient (Wildman–Crippen LogP) is 3.84. The lowest BCUT2D eigenvalue weighted by Gasteiger charge is -2.50. The van der Waals surface area contributed by atoms with Gasteiger partial charge in [-0.15, -0.1) is 0 Å². The zero-order valence-electron chi connectivity index (χ0n) is 19.8. The number of aliphatic hydroxyl groups is 1. The van der Waals surface area contributed by atoms with Gasteiger partial charge < -0.3 is 20.2 Å². The number of carbonyl (C=O) groups excluding carboxylic acids is 2. The van der Waals surface area contributed by atoms with Gasteiger partial charge in [-0.25, -0.2) is 0 Å². The van der Waals surface area contributed by atoms with Crippen molar-refractivity contribution >= 4 is 11.8 Å². The fourth-order valence-corrected chi connectivity index (χ4v) is 6.21. The number of amides is 2. The average molecular weight is 454 g/mol. The molecule has 33 heavy (non-hydrogen) atoms. The highest BCUT2D eigenvalue weighted by atomic mass is 16.3. The number of aromatic nitrogens is 1. The maximum atomic E-state index is 12.9. The second-order valence-corrected chi connectivity index (χ2v) is 10.8. The SMILES string of the molecule is CC1(C)C[C@H](NC(=O)c2ccco2)[C@@]2(CCC(=O)NCc3cccnc3)CC[C@](C)(O)C[C@@H]12. The van der Waals surface area contributed by atoms with Crippen LogP contribution >= 0.6 is 0 Å². The maximum absolute atomic E-state index is 12.9. The first-order chi connectivity index (χ1) is 15.6. The quantitative estimate of drug-likeness (QED) is 0.591. The van der Waals surface area contributed by atoms with Crippen LogP contribution in [0.5, 0.6) is 0 Å². The molecule has 0 radical (unpaired) electrons. The molecule has 2 aromatic heterocycles. The van der Waals surface area contributed by atoms with Crippen molar-refractivity contribution in [3.63, 3.8) is 0 Å². The molecule has 0 aliphatic heterocycles. The highest BCUT2D eigenvalue weighted by Crippen LogP contribution is 2.63. The van der Waals surface area contributed by atoms with Crippen LogP contribution in [0, 0.1) is 16.7 Å². The summed E-state index contributed by atoms with van der Waals surface area (Å²) in [7, 11) is 0. The number of hydrogen-bond donors (Lipinski definition) is 3. The van der Waals surface area contributed by atoms with E-state index >= 15 is 0 Å². The average Bonchev–Trinajstić information content (AvgIpc) is 3.38. The number of fused-ring (bicyclic) bond motifs is 1. The summed E-state index contributed by atoms with van der Waals surface area (Å²) < 4.78 is 5.31. The summed E-state index contributed by atoms with van der Waals surface area (Å²) in [5, 5.41) is 17.1. The maximum Gasteiger partial charge on any atom is 0.287 e. The molecule has 0 saturated heterocycles. The van der Waals surface area contributed by atoms with Gasteiger partial charge in [-0.1, -0.05) is 19.9 Å². The minimum absolute atomic E-state index is 0.00914. The first kappa shape index (κ1) is 23.5. The van der Waals surface area contributed by atoms with E-state index in [4.69, 9.17) is 4.42 Å². The van der Waals surface area contributed by atoms with Gasteiger partial charge in [-0.3, -0.25) is 14.6 Å². The van der Waals surface area contributed by atoms with Crippen LogP contribution in [0.15, 0.2) is 47.3 Å². The highest BCUT2D eigenvalue weighted by Gasteiger charge is 2.61. The Hall–Kier alpha value is -2.67. The van der Waals surface area contributed by atoms with Crippen LogP contribution in [0.2, 0.25) is 0 Å². The normalized spacial score (nSPS) is 30.4. The zero-order valence-corrected chi connectivity index (χ0v) is 19.8. The Kier molecular flexibility index (Phi) is 6.36. The van der Waals surface area contributed by atoms with E-state index in [1.54, 1.807) is 24.5 Å². The van der Waals surface area contributed by atoms with Gasteiger partial charge in [-0.2, -0.15) is 0 Å². The third-order valence-corrected chi connectivity index (χ3v) is 7.91. The Balaban J connectivity index is 1.51. The van der Waals surface area contributed by atoms with Crippen molar-refractivity contribution in [2.45, 2.75) is 77.5 Å². The molecule has 0 aromatic carbocycles. The summed E-state index contributed by atoms with van der Waals surface area (Å²) in [6, 6.07) is 7.07. The molecule has 0 spiro atoms. The van der Waals surface area contributed by atoms with Gasteiger partial charge >= 0.3 is 0 Å². The number of rotatable bonds is 7. The van der Waals surface area contributed by atoms with E-state index < -0.39 is 5.60 Å². The second kappa shape index (κ2) is 8.93. The van der Waals surface area contributed by atoms with Gasteiger partial charge in [-0.05, 0) is 79.5 Å². The number of carbonyl (C=O) groups is 2. The molecule has 2 aromatic rings. The van der Waals surface area contributed by atoms with Crippen molar-refractivity contribution in [2.75, 3.05) is 0 Å². The molecule has 2 amide bonds. The minimum Gasteiger partial charge on any atom is -0.459 e. The lowest BCUT2D eigenvalue weighted by molar-refractivity contribution is -0.123. The van der Waals surface area contributed by atoms with E-state index in [0.717, 1.165) is 18.4 Å². The van der Waals surface area contributed by atoms with E-state index in [9.17, 15) is 14.7 Å². The highest BCUT2D eigenvalue weighted by molar-refractivity contribution is 5.91. The molecule has 2 aliphatic rings. The van der Waals surface area contributed by atoms with Crippen LogP contribution in [0.3, 0.4) is 0 Å². The largest absolute Gasteiger partial charge is 0.459 e. The number of pyridine rings is 1. The van der Waals surface area contributed by atoms with E-state index in [1.807, 2.05) is 19.1 Å². The van der Waals surface area contributed by atoms with E-state index in [2.05, 4.69) is 29.5 Å². The van der Waals surface area contributed by atoms with E-state index in [-0.39, 0.29) is 34.6 Å². The van der Waals surface area contributed by atoms with Gasteiger partial charge in [0.1, 0.15) is 0 Å². The van der Waals surface area contributed by atoms with Crippen LogP contribution in [0.25, 0.3) is 0 Å². The van der Waals surface area contributed by atoms with E-state index in [0.29, 0.717) is 38.0 Å². The van der Waals surface area contributed by atoms with E-state index in [1.165, 1.54) is 6.26 Å². The second-order valence-electron chi connectivity index (χ2n) is 10.8. The molecule has 2 fully saturated rings. The molecular formula is C26H35N3O4. The lowest BCUT2D eigenvalue weighted by atomic mass is 9.57. The molecule has 0 unspecified atom stereocenters. The molecule has 2 aliphatic carbocycles. The molecule has 7 heteroatoms. The van der Waals surface area contributed by atoms with Crippen LogP contribution in [0.4, 0.5) is 0 Å². The minimum atomic E-state index is -0.728. The predicted molar refractivity (Wildman–Crippen MR) is 124 cm³/mol. The fraction of sp³-hybridized carbons (Fsp3) is 0.577. The van der Waals surface area contributed by atoms with Crippen molar-refractivity contribution in [2.24, 2.45) is 16.7 Å². The van der Waals surface area contributed by atoms with Crippen LogP contribution in [-0.2, 0) is 11.3 Å². The standard InChI is InChI=1S/C26H35N3O4/c1-24(2)15-21(29-23(31)19-7-5-13-33-19)26(11-10-25(3,32)14-20(24)26)9-8-22(30)28-17-18-6-4-12-27-16-18/h4-7,12-13,16,20-21,32H,8-11,14-15,17H2,1-3H3,(H,28,30)(H,29,31)/t20-,21-,25-,26-/m0/s1. The summed E-state index contributed by atoms with van der Waals surface area (Å²) in [6.07, 6.45) is 8.90. The monoisotopic (exact) mass is 453 g/mol. The first-order valence-electron chi connectivity index (χ1n) is 11.8. The smallest absolute Gasteiger partial charge is 0.287 e. The molecule has 4 atom stereocenters. The third kappa shape index (κ3) is 4.98. The van der Waals surface area contributed by atoms with Crippen molar-refractivity contribution in [3.05, 3.63) is 54.2 Å². The molecule has 7 nitrogen and oxygen atoms in total. The van der Waals surface area contributed by atoms with Crippen LogP contribution < -0.4 is 10.6 Å². The Labute approximate surface area is 195 Å². The molecule has 178 valence electrons. The van der Waals surface area contributed by atoms with Crippen LogP contribution in [-0.4, -0.2) is 33.5 Å². The Bertz CT molecular complexity index is 971. The van der Waals surface area contributed by atoms with Gasteiger partial charge in [0, 0.05) is 31.4 Å². The van der Waals surface area contributed by atoms with Gasteiger partial charge in [0.15, 0.2) is 5.76 Å². The Morgan fingerprint density at radius 2 is 2.00 bits per heavy atom. The number of nitrogens with zero attached hydrogens (tertiary/aromatic N) is 1. The summed E-state index contributed by atoms with van der Waals surface area (Å²) >= 11 is 0. The molecule has 2 heterocycles. The lowest BCUT2D eigenvalue weighted by Crippen LogP contribution is -2.52. The van der Waals surface area contributed by atoms with Crippen molar-refractivity contribution in [3.8, 4) is 0 Å². The summed E-state index contributed by atoms with van der Waals surface area (Å²) in [6.45, 7) is 6.79. The van der Waals surface area contributed by atoms with Crippen LogP contribution in [0.1, 0.15) is 75.4 Å². The fourth-order valence-electron chi connectivity index (χ4n) is 6.21. The van der Waals surface area contributed by atoms with Gasteiger partial charge in [0.05, 0.1) is 11.9 Å². The van der Waals surface area contributed by atoms with Gasteiger partial charge in [0.25, 0.3) is 5.91 Å². The molecule has 2 saturated carbocycles. The Morgan fingerprint density at radius 1 is 1.18 bits per heavy atom. The topological polar surface area (TPSA) is 104 Å². The molecule has 3 N–H and O–H groups in total. The molecule has 4 rings (SSSR count). The Morgan fingerprint density at radius 3 is 2.70 bits per heavy atom. The summed E-state index contributed by atoms with van der Waals surface area (Å²) in [5.74, 6) is 0.259. The zero-order chi connectivity index (χ0) is 23.7. The van der Waals surface area contributed by atoms with Crippen molar-refractivity contribution < 1.29 is 19.1 Å².